The first-order valence-corrected chi connectivity index (χ1v) is 8.30. The monoisotopic (exact) mass is 311 g/mol. The van der Waals surface area contributed by atoms with Crippen LogP contribution in [-0.4, -0.2) is 4.98 Å². The smallest absolute Gasteiger partial charge is 0.124 e. The lowest BCUT2D eigenvalue weighted by molar-refractivity contribution is 0.628. The summed E-state index contributed by atoms with van der Waals surface area (Å²) >= 11 is 1.62. The highest BCUT2D eigenvalue weighted by Crippen LogP contribution is 2.29. The van der Waals surface area contributed by atoms with E-state index in [2.05, 4.69) is 43.1 Å². The second kappa shape index (κ2) is 6.41. The average Bonchev–Trinajstić information content (AvgIpc) is 2.98. The van der Waals surface area contributed by atoms with Gasteiger partial charge >= 0.3 is 0 Å². The molecule has 0 N–H and O–H groups in total. The molecule has 0 fully saturated rings. The highest BCUT2D eigenvalue weighted by Gasteiger charge is 2.07. The lowest BCUT2D eigenvalue weighted by atomic mass is 10.0. The van der Waals surface area contributed by atoms with Crippen molar-refractivity contribution >= 4 is 11.3 Å². The molecular weight excluding hydrogens is 293 g/mol. The van der Waals surface area contributed by atoms with Gasteiger partial charge in [-0.1, -0.05) is 38.1 Å². The molecule has 22 heavy (non-hydrogen) atoms. The summed E-state index contributed by atoms with van der Waals surface area (Å²) in [5, 5.41) is 3.01. The van der Waals surface area contributed by atoms with E-state index in [0.717, 1.165) is 28.2 Å². The van der Waals surface area contributed by atoms with Crippen molar-refractivity contribution in [1.82, 2.24) is 4.98 Å². The summed E-state index contributed by atoms with van der Waals surface area (Å²) < 4.78 is 13.0. The molecule has 0 bridgehead atoms. The van der Waals surface area contributed by atoms with Crippen LogP contribution < -0.4 is 0 Å². The number of nitrogens with zero attached hydrogens (tertiary/aromatic N) is 1. The first-order valence-electron chi connectivity index (χ1n) is 7.42. The molecule has 1 nitrogen and oxygen atoms in total. The third kappa shape index (κ3) is 3.42. The van der Waals surface area contributed by atoms with Crippen molar-refractivity contribution in [3.05, 3.63) is 65.3 Å². The van der Waals surface area contributed by atoms with Gasteiger partial charge in [-0.05, 0) is 42.2 Å². The number of hydrogen-bond acceptors (Lipinski definition) is 2. The van der Waals surface area contributed by atoms with E-state index in [4.69, 9.17) is 0 Å². The van der Waals surface area contributed by atoms with Gasteiger partial charge in [-0.25, -0.2) is 9.37 Å². The highest BCUT2D eigenvalue weighted by molar-refractivity contribution is 7.13. The quantitative estimate of drug-likeness (QED) is 0.592. The minimum Gasteiger partial charge on any atom is -0.236 e. The molecule has 0 radical (unpaired) electrons. The second-order valence-electron chi connectivity index (χ2n) is 5.84. The molecule has 3 heteroatoms. The molecule has 0 spiro atoms. The summed E-state index contributed by atoms with van der Waals surface area (Å²) in [7, 11) is 0. The van der Waals surface area contributed by atoms with Gasteiger partial charge < -0.3 is 0 Å². The molecule has 0 atom stereocenters. The van der Waals surface area contributed by atoms with Crippen LogP contribution in [0.3, 0.4) is 0 Å². The summed E-state index contributed by atoms with van der Waals surface area (Å²) in [5.74, 6) is 0.440. The van der Waals surface area contributed by atoms with Crippen molar-refractivity contribution in [1.29, 1.82) is 0 Å². The van der Waals surface area contributed by atoms with E-state index >= 15 is 0 Å². The Hall–Kier alpha value is -2.00. The van der Waals surface area contributed by atoms with Crippen LogP contribution in [0.25, 0.3) is 21.8 Å². The molecule has 0 aliphatic carbocycles. The van der Waals surface area contributed by atoms with Crippen molar-refractivity contribution in [2.45, 2.75) is 20.3 Å². The second-order valence-corrected chi connectivity index (χ2v) is 6.70. The van der Waals surface area contributed by atoms with Gasteiger partial charge in [-0.15, -0.1) is 11.3 Å². The number of rotatable bonds is 4. The van der Waals surface area contributed by atoms with Gasteiger partial charge in [0, 0.05) is 16.5 Å². The fraction of sp³-hybridized carbons (Fsp3) is 0.211. The predicted octanol–water partition coefficient (Wildman–Crippen LogP) is 5.81. The summed E-state index contributed by atoms with van der Waals surface area (Å²) in [4.78, 5) is 4.67. The molecule has 3 aromatic rings. The molecule has 0 aliphatic heterocycles. The standard InChI is InChI=1S/C19H18FNS/c1-13(2)11-14-3-5-16(6-4-14)19-21-18(12-22-19)15-7-9-17(20)10-8-15/h3-10,12-13H,11H2,1-2H3. The minimum atomic E-state index is -0.222. The molecule has 0 aliphatic rings. The Balaban J connectivity index is 1.82. The summed E-state index contributed by atoms with van der Waals surface area (Å²) in [5.41, 5.74) is 4.33. The molecule has 0 unspecified atom stereocenters. The largest absolute Gasteiger partial charge is 0.236 e. The van der Waals surface area contributed by atoms with Gasteiger partial charge in [0.25, 0.3) is 0 Å². The van der Waals surface area contributed by atoms with E-state index < -0.39 is 0 Å². The Morgan fingerprint density at radius 3 is 2.23 bits per heavy atom. The summed E-state index contributed by atoms with van der Waals surface area (Å²) in [6.45, 7) is 4.45. The normalized spacial score (nSPS) is 11.1. The summed E-state index contributed by atoms with van der Waals surface area (Å²) in [6.07, 6.45) is 1.10. The lowest BCUT2D eigenvalue weighted by Crippen LogP contribution is -1.93. The van der Waals surface area contributed by atoms with Crippen LogP contribution in [0.1, 0.15) is 19.4 Å². The lowest BCUT2D eigenvalue weighted by Gasteiger charge is -2.05. The van der Waals surface area contributed by atoms with E-state index in [1.807, 2.05) is 5.38 Å². The molecule has 112 valence electrons. The van der Waals surface area contributed by atoms with Gasteiger partial charge in [0.1, 0.15) is 10.8 Å². The topological polar surface area (TPSA) is 12.9 Å². The van der Waals surface area contributed by atoms with E-state index in [1.54, 1.807) is 23.5 Å². The number of aromatic nitrogens is 1. The van der Waals surface area contributed by atoms with Crippen molar-refractivity contribution in [3.8, 4) is 21.8 Å². The Morgan fingerprint density at radius 2 is 1.59 bits per heavy atom. The molecule has 2 aromatic carbocycles. The first kappa shape index (κ1) is 14.9. The molecule has 0 amide bonds. The zero-order chi connectivity index (χ0) is 15.5. The molecule has 0 saturated heterocycles. The van der Waals surface area contributed by atoms with Crippen LogP contribution >= 0.6 is 11.3 Å². The van der Waals surface area contributed by atoms with Gasteiger partial charge in [0.05, 0.1) is 5.69 Å². The Labute approximate surface area is 134 Å². The molecule has 1 aromatic heterocycles. The van der Waals surface area contributed by atoms with Gasteiger partial charge in [-0.3, -0.25) is 0 Å². The van der Waals surface area contributed by atoms with Crippen molar-refractivity contribution in [3.63, 3.8) is 0 Å². The minimum absolute atomic E-state index is 0.222. The Morgan fingerprint density at radius 1 is 0.955 bits per heavy atom. The van der Waals surface area contributed by atoms with E-state index in [1.165, 1.54) is 17.7 Å². The SMILES string of the molecule is CC(C)Cc1ccc(-c2nc(-c3ccc(F)cc3)cs2)cc1. The maximum absolute atomic E-state index is 13.0. The van der Waals surface area contributed by atoms with Crippen molar-refractivity contribution in [2.24, 2.45) is 5.92 Å². The average molecular weight is 311 g/mol. The van der Waals surface area contributed by atoms with Crippen LogP contribution in [0, 0.1) is 11.7 Å². The first-order chi connectivity index (χ1) is 10.6. The van der Waals surface area contributed by atoms with E-state index in [0.29, 0.717) is 5.92 Å². The third-order valence-corrected chi connectivity index (χ3v) is 4.38. The maximum Gasteiger partial charge on any atom is 0.124 e. The molecule has 3 rings (SSSR count). The zero-order valence-electron chi connectivity index (χ0n) is 12.7. The maximum atomic E-state index is 13.0. The zero-order valence-corrected chi connectivity index (χ0v) is 13.5. The van der Waals surface area contributed by atoms with Crippen molar-refractivity contribution < 1.29 is 4.39 Å². The number of halogens is 1. The van der Waals surface area contributed by atoms with Crippen LogP contribution in [0.5, 0.6) is 0 Å². The number of benzene rings is 2. The van der Waals surface area contributed by atoms with Crippen LogP contribution in [0.4, 0.5) is 4.39 Å². The van der Waals surface area contributed by atoms with Crippen LogP contribution in [0.2, 0.25) is 0 Å². The van der Waals surface area contributed by atoms with Crippen molar-refractivity contribution in [2.75, 3.05) is 0 Å². The van der Waals surface area contributed by atoms with Gasteiger partial charge in [0.15, 0.2) is 0 Å². The third-order valence-electron chi connectivity index (χ3n) is 3.49. The number of hydrogen-bond donors (Lipinski definition) is 0. The van der Waals surface area contributed by atoms with Gasteiger partial charge in [0.2, 0.25) is 0 Å². The molecule has 0 saturated carbocycles. The predicted molar refractivity (Wildman–Crippen MR) is 91.5 cm³/mol. The molecule has 1 heterocycles. The number of thiazole rings is 1. The highest BCUT2D eigenvalue weighted by atomic mass is 32.1. The van der Waals surface area contributed by atoms with Gasteiger partial charge in [-0.2, -0.15) is 0 Å². The fourth-order valence-electron chi connectivity index (χ4n) is 2.41. The van der Waals surface area contributed by atoms with Crippen LogP contribution in [0.15, 0.2) is 53.9 Å². The van der Waals surface area contributed by atoms with E-state index in [9.17, 15) is 4.39 Å². The van der Waals surface area contributed by atoms with Crippen LogP contribution in [-0.2, 0) is 6.42 Å². The Bertz CT molecular complexity index is 742. The Kier molecular flexibility index (Phi) is 4.34. The fourth-order valence-corrected chi connectivity index (χ4v) is 3.25. The van der Waals surface area contributed by atoms with E-state index in [-0.39, 0.29) is 5.82 Å². The summed E-state index contributed by atoms with van der Waals surface area (Å²) in [6, 6.07) is 15.1. The molecular formula is C19H18FNS.